The normalized spacial score (nSPS) is 15.3. The number of rotatable bonds is 4. The minimum absolute atomic E-state index is 0.654. The Bertz CT molecular complexity index is 432. The van der Waals surface area contributed by atoms with Crippen molar-refractivity contribution in [1.29, 1.82) is 0 Å². The molecule has 98 valence electrons. The highest BCUT2D eigenvalue weighted by Gasteiger charge is 2.13. The van der Waals surface area contributed by atoms with Gasteiger partial charge in [0.15, 0.2) is 11.5 Å². The van der Waals surface area contributed by atoms with Gasteiger partial charge in [-0.25, -0.2) is 0 Å². The van der Waals surface area contributed by atoms with Gasteiger partial charge < -0.3 is 20.4 Å². The maximum absolute atomic E-state index is 9.06. The van der Waals surface area contributed by atoms with Crippen LogP contribution < -0.4 is 15.2 Å². The summed E-state index contributed by atoms with van der Waals surface area (Å²) in [5, 5.41) is 12.4. The van der Waals surface area contributed by atoms with Gasteiger partial charge in [-0.3, -0.25) is 0 Å². The molecule has 0 fully saturated rings. The van der Waals surface area contributed by atoms with Crippen molar-refractivity contribution < 1.29 is 20.4 Å². The van der Waals surface area contributed by atoms with Crippen molar-refractivity contribution in [1.82, 2.24) is 0 Å². The van der Waals surface area contributed by atoms with Crippen LogP contribution in [0.2, 0.25) is 0 Å². The Hall–Kier alpha value is -1.75. The monoisotopic (exact) mass is 251 g/mol. The third kappa shape index (κ3) is 2.92. The summed E-state index contributed by atoms with van der Waals surface area (Å²) in [6.45, 7) is 2.15. The zero-order chi connectivity index (χ0) is 12.8. The Morgan fingerprint density at radius 1 is 1.28 bits per heavy atom. The number of hydrogen-bond acceptors (Lipinski definition) is 4. The standard InChI is InChI=1S/C13H18N2O3/c14-6-1-3-11(15-16)10-4-5-12-13(9-10)18-8-2-7-17-12/h4-5,9,16H,1-3,6-8,14H2/p+1/b15-11-. The molecule has 1 aromatic rings. The molecule has 0 atom stereocenters. The highest BCUT2D eigenvalue weighted by Crippen LogP contribution is 2.30. The first-order valence-corrected chi connectivity index (χ1v) is 6.25. The summed E-state index contributed by atoms with van der Waals surface area (Å²) < 4.78 is 11.2. The van der Waals surface area contributed by atoms with E-state index in [1.807, 2.05) is 18.2 Å². The molecule has 1 aromatic carbocycles. The van der Waals surface area contributed by atoms with Gasteiger partial charge in [0.25, 0.3) is 0 Å². The molecule has 0 saturated heterocycles. The van der Waals surface area contributed by atoms with E-state index >= 15 is 0 Å². The number of hydrogen-bond donors (Lipinski definition) is 2. The van der Waals surface area contributed by atoms with E-state index in [1.54, 1.807) is 0 Å². The third-order valence-electron chi connectivity index (χ3n) is 2.87. The van der Waals surface area contributed by atoms with E-state index in [-0.39, 0.29) is 0 Å². The molecular formula is C13H19N2O3+. The summed E-state index contributed by atoms with van der Waals surface area (Å²) in [6, 6.07) is 5.63. The molecule has 1 heterocycles. The lowest BCUT2D eigenvalue weighted by molar-refractivity contribution is -0.367. The van der Waals surface area contributed by atoms with Crippen LogP contribution in [0.5, 0.6) is 11.5 Å². The van der Waals surface area contributed by atoms with Crippen molar-refractivity contribution in [3.05, 3.63) is 23.8 Å². The van der Waals surface area contributed by atoms with Gasteiger partial charge in [-0.2, -0.15) is 0 Å². The second kappa shape index (κ2) is 6.26. The van der Waals surface area contributed by atoms with Crippen LogP contribution in [-0.2, 0) is 0 Å². The molecule has 2 rings (SSSR count). The van der Waals surface area contributed by atoms with E-state index in [4.69, 9.17) is 14.7 Å². The molecule has 0 spiro atoms. The summed E-state index contributed by atoms with van der Waals surface area (Å²) in [6.07, 6.45) is 2.49. The van der Waals surface area contributed by atoms with E-state index in [1.165, 1.54) is 0 Å². The van der Waals surface area contributed by atoms with E-state index in [9.17, 15) is 0 Å². The van der Waals surface area contributed by atoms with Gasteiger partial charge in [0.2, 0.25) is 0 Å². The summed E-state index contributed by atoms with van der Waals surface area (Å²) in [5.74, 6) is 1.48. The Labute approximate surface area is 106 Å². The topological polar surface area (TPSA) is 78.7 Å². The van der Waals surface area contributed by atoms with Gasteiger partial charge in [-0.05, 0) is 24.6 Å². The highest BCUT2D eigenvalue weighted by molar-refractivity contribution is 6.00. The molecule has 0 radical (unpaired) electrons. The van der Waals surface area contributed by atoms with Crippen LogP contribution in [0.15, 0.2) is 23.4 Å². The number of benzene rings is 1. The summed E-state index contributed by atoms with van der Waals surface area (Å²) >= 11 is 0. The van der Waals surface area contributed by atoms with E-state index in [2.05, 4.69) is 10.9 Å². The average Bonchev–Trinajstić information content (AvgIpc) is 2.64. The third-order valence-corrected chi connectivity index (χ3v) is 2.87. The number of quaternary nitrogens is 1. The second-order valence-corrected chi connectivity index (χ2v) is 4.22. The molecular weight excluding hydrogens is 232 g/mol. The molecule has 0 amide bonds. The Morgan fingerprint density at radius 3 is 2.78 bits per heavy atom. The number of nitrogens with zero attached hydrogens (tertiary/aromatic N) is 1. The van der Waals surface area contributed by atoms with Gasteiger partial charge in [-0.15, -0.1) is 0 Å². The van der Waals surface area contributed by atoms with Gasteiger partial charge >= 0.3 is 0 Å². The average molecular weight is 251 g/mol. The largest absolute Gasteiger partial charge is 0.490 e. The van der Waals surface area contributed by atoms with Crippen molar-refractivity contribution in [3.8, 4) is 11.5 Å². The Balaban J connectivity index is 2.21. The first kappa shape index (κ1) is 12.7. The van der Waals surface area contributed by atoms with Crippen LogP contribution in [0.4, 0.5) is 0 Å². The van der Waals surface area contributed by atoms with Crippen molar-refractivity contribution >= 4 is 5.71 Å². The maximum atomic E-state index is 9.06. The molecule has 0 aliphatic carbocycles. The molecule has 1 aliphatic rings. The lowest BCUT2D eigenvalue weighted by Crippen LogP contribution is -2.50. The highest BCUT2D eigenvalue weighted by atomic mass is 16.5. The molecule has 0 aromatic heterocycles. The lowest BCUT2D eigenvalue weighted by Gasteiger charge is -2.10. The zero-order valence-corrected chi connectivity index (χ0v) is 10.4. The molecule has 1 aliphatic heterocycles. The minimum atomic E-state index is 0.654. The Morgan fingerprint density at radius 2 is 2.06 bits per heavy atom. The fourth-order valence-electron chi connectivity index (χ4n) is 1.89. The van der Waals surface area contributed by atoms with Gasteiger partial charge in [0, 0.05) is 18.4 Å². The molecule has 4 N–H and O–H groups in total. The van der Waals surface area contributed by atoms with Gasteiger partial charge in [-0.1, -0.05) is 5.16 Å². The minimum Gasteiger partial charge on any atom is -0.490 e. The predicted octanol–water partition coefficient (Wildman–Crippen LogP) is 1.05. The van der Waals surface area contributed by atoms with Crippen molar-refractivity contribution in [3.63, 3.8) is 0 Å². The van der Waals surface area contributed by atoms with E-state index in [0.717, 1.165) is 36.4 Å². The van der Waals surface area contributed by atoms with Crippen molar-refractivity contribution in [2.24, 2.45) is 5.16 Å². The van der Waals surface area contributed by atoms with Crippen molar-refractivity contribution in [2.45, 2.75) is 19.3 Å². The molecule has 0 unspecified atom stereocenters. The number of fused-ring (bicyclic) bond motifs is 1. The SMILES string of the molecule is [NH3+]CCC/C(=N/O)c1ccc2c(c1)OCCCO2. The predicted molar refractivity (Wildman–Crippen MR) is 67.4 cm³/mol. The lowest BCUT2D eigenvalue weighted by atomic mass is 10.1. The molecule has 5 heteroatoms. The number of oxime groups is 1. The van der Waals surface area contributed by atoms with Crippen LogP contribution in [0.25, 0.3) is 0 Å². The summed E-state index contributed by atoms with van der Waals surface area (Å²) in [4.78, 5) is 0. The smallest absolute Gasteiger partial charge is 0.161 e. The van der Waals surface area contributed by atoms with Crippen LogP contribution in [0.3, 0.4) is 0 Å². The van der Waals surface area contributed by atoms with Gasteiger partial charge in [0.1, 0.15) is 0 Å². The van der Waals surface area contributed by atoms with Crippen LogP contribution in [0, 0.1) is 0 Å². The molecule has 18 heavy (non-hydrogen) atoms. The second-order valence-electron chi connectivity index (χ2n) is 4.22. The van der Waals surface area contributed by atoms with Crippen LogP contribution >= 0.6 is 0 Å². The van der Waals surface area contributed by atoms with E-state index < -0.39 is 0 Å². The maximum Gasteiger partial charge on any atom is 0.161 e. The molecule has 0 bridgehead atoms. The quantitative estimate of drug-likeness (QED) is 0.477. The summed E-state index contributed by atoms with van der Waals surface area (Å²) in [5.41, 5.74) is 5.32. The zero-order valence-electron chi connectivity index (χ0n) is 10.4. The molecule has 0 saturated carbocycles. The number of ether oxygens (including phenoxy) is 2. The fourth-order valence-corrected chi connectivity index (χ4v) is 1.89. The first-order valence-electron chi connectivity index (χ1n) is 6.25. The summed E-state index contributed by atoms with van der Waals surface area (Å²) in [7, 11) is 0. The fraction of sp³-hybridized carbons (Fsp3) is 0.462. The first-order chi connectivity index (χ1) is 8.85. The van der Waals surface area contributed by atoms with E-state index in [0.29, 0.717) is 25.3 Å². The van der Waals surface area contributed by atoms with Crippen molar-refractivity contribution in [2.75, 3.05) is 19.8 Å². The van der Waals surface area contributed by atoms with Crippen LogP contribution in [-0.4, -0.2) is 30.7 Å². The van der Waals surface area contributed by atoms with Gasteiger partial charge in [0.05, 0.1) is 25.5 Å². The Kier molecular flexibility index (Phi) is 4.41. The molecule has 5 nitrogen and oxygen atoms in total. The van der Waals surface area contributed by atoms with Crippen LogP contribution in [0.1, 0.15) is 24.8 Å².